The number of carbonyl (C=O) groups excluding carboxylic acids is 1. The lowest BCUT2D eigenvalue weighted by Gasteiger charge is -2.38. The van der Waals surface area contributed by atoms with E-state index in [0.717, 1.165) is 37.0 Å². The minimum atomic E-state index is 0.181. The molecule has 0 N–H and O–H groups in total. The van der Waals surface area contributed by atoms with E-state index < -0.39 is 0 Å². The van der Waals surface area contributed by atoms with Crippen LogP contribution >= 0.6 is 11.8 Å². The van der Waals surface area contributed by atoms with Gasteiger partial charge in [0, 0.05) is 30.0 Å². The first kappa shape index (κ1) is 16.7. The fraction of sp³-hybridized carbons (Fsp3) is 0.611. The van der Waals surface area contributed by atoms with E-state index in [1.807, 2.05) is 36.0 Å². The zero-order chi connectivity index (χ0) is 16.2. The molecule has 126 valence electrons. The van der Waals surface area contributed by atoms with Gasteiger partial charge in [0.25, 0.3) is 5.91 Å². The molecule has 2 fully saturated rings. The monoisotopic (exact) mass is 335 g/mol. The Kier molecular flexibility index (Phi) is 5.49. The highest BCUT2D eigenvalue weighted by atomic mass is 32.2. The second kappa shape index (κ2) is 7.58. The minimum Gasteiger partial charge on any atom is -0.491 e. The summed E-state index contributed by atoms with van der Waals surface area (Å²) in [6.07, 6.45) is 6.78. The molecule has 2 heterocycles. The SMILES string of the molecule is COCCOc1ccc(C(=O)N2[C@H]3CC[C@H]2CC(SC)C3)cc1. The first-order valence-corrected chi connectivity index (χ1v) is 9.59. The van der Waals surface area contributed by atoms with Gasteiger partial charge in [-0.25, -0.2) is 0 Å². The van der Waals surface area contributed by atoms with E-state index in [4.69, 9.17) is 9.47 Å². The van der Waals surface area contributed by atoms with Crippen molar-refractivity contribution in [2.24, 2.45) is 0 Å². The summed E-state index contributed by atoms with van der Waals surface area (Å²) in [6.45, 7) is 1.09. The van der Waals surface area contributed by atoms with Crippen molar-refractivity contribution >= 4 is 17.7 Å². The average molecular weight is 335 g/mol. The molecule has 0 spiro atoms. The summed E-state index contributed by atoms with van der Waals surface area (Å²) < 4.78 is 10.5. The number of nitrogens with zero attached hydrogens (tertiary/aromatic N) is 1. The van der Waals surface area contributed by atoms with Gasteiger partial charge in [0.05, 0.1) is 6.61 Å². The molecule has 0 saturated carbocycles. The van der Waals surface area contributed by atoms with Crippen LogP contribution in [0.3, 0.4) is 0 Å². The van der Waals surface area contributed by atoms with Crippen molar-refractivity contribution in [2.75, 3.05) is 26.6 Å². The van der Waals surface area contributed by atoms with Crippen LogP contribution in [-0.2, 0) is 4.74 Å². The summed E-state index contributed by atoms with van der Waals surface area (Å²) in [5, 5.41) is 0.716. The Morgan fingerprint density at radius 1 is 1.17 bits per heavy atom. The van der Waals surface area contributed by atoms with Crippen LogP contribution < -0.4 is 4.74 Å². The molecule has 23 heavy (non-hydrogen) atoms. The van der Waals surface area contributed by atoms with Gasteiger partial charge in [0.15, 0.2) is 0 Å². The number of ether oxygens (including phenoxy) is 2. The molecule has 2 bridgehead atoms. The molecule has 1 amide bonds. The molecule has 2 aliphatic rings. The quantitative estimate of drug-likeness (QED) is 0.748. The van der Waals surface area contributed by atoms with Crippen LogP contribution in [0.15, 0.2) is 24.3 Å². The lowest BCUT2D eigenvalue weighted by atomic mass is 10.0. The molecule has 2 saturated heterocycles. The van der Waals surface area contributed by atoms with E-state index in [-0.39, 0.29) is 5.91 Å². The number of thioether (sulfide) groups is 1. The lowest BCUT2D eigenvalue weighted by Crippen LogP contribution is -2.47. The smallest absolute Gasteiger partial charge is 0.254 e. The van der Waals surface area contributed by atoms with E-state index in [1.54, 1.807) is 7.11 Å². The number of methoxy groups -OCH3 is 1. The number of hydrogen-bond donors (Lipinski definition) is 0. The summed E-state index contributed by atoms with van der Waals surface area (Å²) in [7, 11) is 1.65. The predicted molar refractivity (Wildman–Crippen MR) is 93.3 cm³/mol. The van der Waals surface area contributed by atoms with Crippen molar-refractivity contribution < 1.29 is 14.3 Å². The highest BCUT2D eigenvalue weighted by Crippen LogP contribution is 2.40. The van der Waals surface area contributed by atoms with Crippen LogP contribution in [0.1, 0.15) is 36.0 Å². The third kappa shape index (κ3) is 3.66. The summed E-state index contributed by atoms with van der Waals surface area (Å²) in [6, 6.07) is 8.36. The molecule has 0 aromatic heterocycles. The molecule has 5 heteroatoms. The van der Waals surface area contributed by atoms with Crippen LogP contribution in [0.2, 0.25) is 0 Å². The Balaban J connectivity index is 1.64. The van der Waals surface area contributed by atoms with Crippen molar-refractivity contribution in [1.29, 1.82) is 0 Å². The van der Waals surface area contributed by atoms with Gasteiger partial charge in [0.2, 0.25) is 0 Å². The minimum absolute atomic E-state index is 0.181. The van der Waals surface area contributed by atoms with E-state index >= 15 is 0 Å². The zero-order valence-corrected chi connectivity index (χ0v) is 14.7. The van der Waals surface area contributed by atoms with Crippen LogP contribution in [0.4, 0.5) is 0 Å². The third-order valence-electron chi connectivity index (χ3n) is 4.92. The molecule has 0 radical (unpaired) electrons. The van der Waals surface area contributed by atoms with Gasteiger partial charge in [-0.15, -0.1) is 0 Å². The molecule has 2 atom stereocenters. The summed E-state index contributed by atoms with van der Waals surface area (Å²) in [4.78, 5) is 15.0. The standard InChI is InChI=1S/C18H25NO3S/c1-21-9-10-22-16-7-3-13(4-8-16)18(20)19-14-5-6-15(19)12-17(11-14)23-2/h3-4,7-8,14-15,17H,5-6,9-12H2,1-2H3/t14-,15-/m0/s1. The lowest BCUT2D eigenvalue weighted by molar-refractivity contribution is 0.0601. The molecule has 0 aliphatic carbocycles. The maximum absolute atomic E-state index is 12.9. The van der Waals surface area contributed by atoms with E-state index in [0.29, 0.717) is 30.5 Å². The fourth-order valence-electron chi connectivity index (χ4n) is 3.74. The van der Waals surface area contributed by atoms with Gasteiger partial charge in [-0.1, -0.05) is 0 Å². The Hall–Kier alpha value is -1.20. The average Bonchev–Trinajstić information content (AvgIpc) is 2.85. The maximum atomic E-state index is 12.9. The van der Waals surface area contributed by atoms with Gasteiger partial charge in [0.1, 0.15) is 12.4 Å². The predicted octanol–water partition coefficient (Wildman–Crippen LogP) is 3.21. The number of rotatable bonds is 6. The second-order valence-electron chi connectivity index (χ2n) is 6.29. The van der Waals surface area contributed by atoms with Crippen LogP contribution in [0.5, 0.6) is 5.75 Å². The second-order valence-corrected chi connectivity index (χ2v) is 7.43. The molecule has 2 aliphatic heterocycles. The van der Waals surface area contributed by atoms with Crippen LogP contribution in [0, 0.1) is 0 Å². The topological polar surface area (TPSA) is 38.8 Å². The highest BCUT2D eigenvalue weighted by Gasteiger charge is 2.43. The molecule has 0 unspecified atom stereocenters. The largest absolute Gasteiger partial charge is 0.491 e. The Labute approximate surface area is 142 Å². The van der Waals surface area contributed by atoms with Crippen molar-refractivity contribution in [1.82, 2.24) is 4.90 Å². The molecule has 3 rings (SSSR count). The number of fused-ring (bicyclic) bond motifs is 2. The number of hydrogen-bond acceptors (Lipinski definition) is 4. The molecule has 1 aromatic carbocycles. The summed E-state index contributed by atoms with van der Waals surface area (Å²) in [5.74, 6) is 0.961. The first-order valence-electron chi connectivity index (χ1n) is 8.30. The van der Waals surface area contributed by atoms with Crippen molar-refractivity contribution in [2.45, 2.75) is 43.0 Å². The highest BCUT2D eigenvalue weighted by molar-refractivity contribution is 7.99. The van der Waals surface area contributed by atoms with Crippen molar-refractivity contribution in [3.8, 4) is 5.75 Å². The first-order chi connectivity index (χ1) is 11.2. The van der Waals surface area contributed by atoms with Crippen molar-refractivity contribution in [3.63, 3.8) is 0 Å². The zero-order valence-electron chi connectivity index (χ0n) is 13.9. The summed E-state index contributed by atoms with van der Waals surface area (Å²) in [5.41, 5.74) is 0.767. The number of amides is 1. The Morgan fingerprint density at radius 2 is 1.83 bits per heavy atom. The van der Waals surface area contributed by atoms with E-state index in [1.165, 1.54) is 0 Å². The molecule has 1 aromatic rings. The third-order valence-corrected chi connectivity index (χ3v) is 5.97. The van der Waals surface area contributed by atoms with E-state index in [9.17, 15) is 4.79 Å². The van der Waals surface area contributed by atoms with Crippen LogP contribution in [-0.4, -0.2) is 54.7 Å². The van der Waals surface area contributed by atoms with Gasteiger partial charge < -0.3 is 14.4 Å². The van der Waals surface area contributed by atoms with Gasteiger partial charge in [-0.2, -0.15) is 11.8 Å². The summed E-state index contributed by atoms with van der Waals surface area (Å²) >= 11 is 1.95. The normalized spacial score (nSPS) is 26.3. The molecule has 4 nitrogen and oxygen atoms in total. The number of piperidine rings is 1. The van der Waals surface area contributed by atoms with E-state index in [2.05, 4.69) is 11.2 Å². The van der Waals surface area contributed by atoms with Gasteiger partial charge in [-0.3, -0.25) is 4.79 Å². The van der Waals surface area contributed by atoms with Crippen LogP contribution in [0.25, 0.3) is 0 Å². The fourth-order valence-corrected chi connectivity index (χ4v) is 4.57. The Bertz CT molecular complexity index is 520. The molecular formula is C18H25NO3S. The number of benzene rings is 1. The van der Waals surface area contributed by atoms with Crippen molar-refractivity contribution in [3.05, 3.63) is 29.8 Å². The number of carbonyl (C=O) groups is 1. The van der Waals surface area contributed by atoms with Gasteiger partial charge >= 0.3 is 0 Å². The molecular weight excluding hydrogens is 310 g/mol. The Morgan fingerprint density at radius 3 is 2.39 bits per heavy atom. The maximum Gasteiger partial charge on any atom is 0.254 e. The van der Waals surface area contributed by atoms with Gasteiger partial charge in [-0.05, 0) is 56.2 Å².